The van der Waals surface area contributed by atoms with Crippen LogP contribution in [-0.4, -0.2) is 37.4 Å². The van der Waals surface area contributed by atoms with Gasteiger partial charge < -0.3 is 15.7 Å². The molecular formula is C11H24N2O. The molecule has 1 heterocycles. The largest absolute Gasteiger partial charge is 0.396 e. The fourth-order valence-electron chi connectivity index (χ4n) is 1.87. The van der Waals surface area contributed by atoms with Crippen LogP contribution in [0.4, 0.5) is 0 Å². The highest BCUT2D eigenvalue weighted by Crippen LogP contribution is 2.05. The van der Waals surface area contributed by atoms with Gasteiger partial charge in [-0.05, 0) is 51.2 Å². The number of piperidine rings is 1. The van der Waals surface area contributed by atoms with Gasteiger partial charge in [0.2, 0.25) is 0 Å². The van der Waals surface area contributed by atoms with Gasteiger partial charge in [0.25, 0.3) is 0 Å². The smallest absolute Gasteiger partial charge is 0.0456 e. The molecule has 14 heavy (non-hydrogen) atoms. The molecule has 1 fully saturated rings. The van der Waals surface area contributed by atoms with Crippen LogP contribution in [0.25, 0.3) is 0 Å². The molecule has 0 bridgehead atoms. The molecule has 0 radical (unpaired) electrons. The molecule has 0 aromatic carbocycles. The molecule has 0 amide bonds. The highest BCUT2D eigenvalue weighted by Gasteiger charge is 2.11. The third-order valence-corrected chi connectivity index (χ3v) is 2.96. The lowest BCUT2D eigenvalue weighted by atomic mass is 10.0. The standard InChI is InChI=1S/C11H24N2O/c1-10(9-14)3-2-6-13-11-4-7-12-8-5-11/h10-14H,2-9H2,1H3. The lowest BCUT2D eigenvalue weighted by molar-refractivity contribution is 0.227. The molecule has 3 nitrogen and oxygen atoms in total. The number of rotatable bonds is 6. The van der Waals surface area contributed by atoms with Crippen LogP contribution in [0, 0.1) is 5.92 Å². The minimum Gasteiger partial charge on any atom is -0.396 e. The summed E-state index contributed by atoms with van der Waals surface area (Å²) in [5.41, 5.74) is 0. The van der Waals surface area contributed by atoms with Crippen molar-refractivity contribution in [2.24, 2.45) is 5.92 Å². The van der Waals surface area contributed by atoms with E-state index in [1.807, 2.05) is 0 Å². The Balaban J connectivity index is 1.92. The van der Waals surface area contributed by atoms with Crippen LogP contribution in [0.15, 0.2) is 0 Å². The number of nitrogens with one attached hydrogen (secondary N) is 2. The Kier molecular flexibility index (Phi) is 6.15. The summed E-state index contributed by atoms with van der Waals surface area (Å²) in [6, 6.07) is 0.723. The molecule has 1 saturated heterocycles. The monoisotopic (exact) mass is 200 g/mol. The summed E-state index contributed by atoms with van der Waals surface area (Å²) in [5, 5.41) is 15.8. The van der Waals surface area contributed by atoms with Crippen LogP contribution in [0.5, 0.6) is 0 Å². The van der Waals surface area contributed by atoms with Gasteiger partial charge in [0.15, 0.2) is 0 Å². The van der Waals surface area contributed by atoms with E-state index in [0.29, 0.717) is 12.5 Å². The van der Waals surface area contributed by atoms with E-state index in [0.717, 1.165) is 32.1 Å². The van der Waals surface area contributed by atoms with E-state index >= 15 is 0 Å². The molecule has 0 aromatic rings. The van der Waals surface area contributed by atoms with Crippen LogP contribution in [-0.2, 0) is 0 Å². The lowest BCUT2D eigenvalue weighted by Gasteiger charge is -2.23. The lowest BCUT2D eigenvalue weighted by Crippen LogP contribution is -2.40. The predicted molar refractivity (Wildman–Crippen MR) is 59.4 cm³/mol. The topological polar surface area (TPSA) is 44.3 Å². The van der Waals surface area contributed by atoms with Gasteiger partial charge in [-0.3, -0.25) is 0 Å². The summed E-state index contributed by atoms with van der Waals surface area (Å²) in [4.78, 5) is 0. The molecule has 1 aliphatic rings. The summed E-state index contributed by atoms with van der Waals surface area (Å²) >= 11 is 0. The molecular weight excluding hydrogens is 176 g/mol. The predicted octanol–water partition coefficient (Wildman–Crippen LogP) is 0.737. The van der Waals surface area contributed by atoms with Gasteiger partial charge in [-0.1, -0.05) is 6.92 Å². The minimum atomic E-state index is 0.327. The van der Waals surface area contributed by atoms with Crippen molar-refractivity contribution < 1.29 is 5.11 Å². The van der Waals surface area contributed by atoms with Gasteiger partial charge >= 0.3 is 0 Å². The second kappa shape index (κ2) is 7.21. The Bertz CT molecular complexity index is 135. The van der Waals surface area contributed by atoms with Gasteiger partial charge in [-0.2, -0.15) is 0 Å². The molecule has 3 N–H and O–H groups in total. The van der Waals surface area contributed by atoms with E-state index < -0.39 is 0 Å². The third kappa shape index (κ3) is 4.94. The average Bonchev–Trinajstić information content (AvgIpc) is 2.25. The molecule has 84 valence electrons. The highest BCUT2D eigenvalue weighted by molar-refractivity contribution is 4.74. The Labute approximate surface area is 87.3 Å². The molecule has 1 rings (SSSR count). The van der Waals surface area contributed by atoms with Crippen molar-refractivity contribution in [1.29, 1.82) is 0 Å². The van der Waals surface area contributed by atoms with Gasteiger partial charge in [-0.25, -0.2) is 0 Å². The maximum absolute atomic E-state index is 8.85. The molecule has 1 aliphatic heterocycles. The first-order valence-electron chi connectivity index (χ1n) is 5.88. The summed E-state index contributed by atoms with van der Waals surface area (Å²) < 4.78 is 0. The fourth-order valence-corrected chi connectivity index (χ4v) is 1.87. The zero-order valence-corrected chi connectivity index (χ0v) is 9.26. The molecule has 1 atom stereocenters. The zero-order chi connectivity index (χ0) is 10.2. The molecule has 0 aromatic heterocycles. The SMILES string of the molecule is CC(CO)CCCNC1CCNCC1. The van der Waals surface area contributed by atoms with Crippen molar-refractivity contribution >= 4 is 0 Å². The average molecular weight is 200 g/mol. The van der Waals surface area contributed by atoms with Crippen LogP contribution in [0.3, 0.4) is 0 Å². The summed E-state index contributed by atoms with van der Waals surface area (Å²) in [6.07, 6.45) is 4.84. The van der Waals surface area contributed by atoms with Gasteiger partial charge in [0, 0.05) is 12.6 Å². The van der Waals surface area contributed by atoms with E-state index in [-0.39, 0.29) is 0 Å². The van der Waals surface area contributed by atoms with E-state index in [1.54, 1.807) is 0 Å². The number of hydrogen-bond acceptors (Lipinski definition) is 3. The first-order chi connectivity index (χ1) is 6.83. The van der Waals surface area contributed by atoms with Crippen molar-refractivity contribution in [3.05, 3.63) is 0 Å². The fraction of sp³-hybridized carbons (Fsp3) is 1.00. The van der Waals surface area contributed by atoms with Crippen molar-refractivity contribution in [3.8, 4) is 0 Å². The summed E-state index contributed by atoms with van der Waals surface area (Å²) in [7, 11) is 0. The van der Waals surface area contributed by atoms with Crippen LogP contribution >= 0.6 is 0 Å². The van der Waals surface area contributed by atoms with Crippen LogP contribution in [0.2, 0.25) is 0 Å². The van der Waals surface area contributed by atoms with Gasteiger partial charge in [0.1, 0.15) is 0 Å². The van der Waals surface area contributed by atoms with Gasteiger partial charge in [0.05, 0.1) is 0 Å². The maximum Gasteiger partial charge on any atom is 0.0456 e. The Morgan fingerprint density at radius 3 is 2.79 bits per heavy atom. The number of aliphatic hydroxyl groups excluding tert-OH is 1. The highest BCUT2D eigenvalue weighted by atomic mass is 16.3. The first kappa shape index (κ1) is 12.0. The van der Waals surface area contributed by atoms with E-state index in [2.05, 4.69) is 17.6 Å². The first-order valence-corrected chi connectivity index (χ1v) is 5.88. The van der Waals surface area contributed by atoms with Gasteiger partial charge in [-0.15, -0.1) is 0 Å². The molecule has 0 spiro atoms. The second-order valence-corrected chi connectivity index (χ2v) is 4.41. The van der Waals surface area contributed by atoms with Crippen molar-refractivity contribution in [3.63, 3.8) is 0 Å². The second-order valence-electron chi connectivity index (χ2n) is 4.41. The van der Waals surface area contributed by atoms with E-state index in [4.69, 9.17) is 5.11 Å². The summed E-state index contributed by atoms with van der Waals surface area (Å²) in [6.45, 7) is 5.85. The number of hydrogen-bond donors (Lipinski definition) is 3. The van der Waals surface area contributed by atoms with Crippen LogP contribution < -0.4 is 10.6 Å². The molecule has 0 aliphatic carbocycles. The Morgan fingerprint density at radius 1 is 1.43 bits per heavy atom. The minimum absolute atomic E-state index is 0.327. The van der Waals surface area contributed by atoms with Crippen LogP contribution in [0.1, 0.15) is 32.6 Å². The summed E-state index contributed by atoms with van der Waals surface area (Å²) in [5.74, 6) is 0.463. The maximum atomic E-state index is 8.85. The Hall–Kier alpha value is -0.120. The molecule has 0 saturated carbocycles. The normalized spacial score (nSPS) is 21.0. The molecule has 3 heteroatoms. The number of aliphatic hydroxyl groups is 1. The van der Waals surface area contributed by atoms with E-state index in [9.17, 15) is 0 Å². The van der Waals surface area contributed by atoms with E-state index in [1.165, 1.54) is 19.3 Å². The quantitative estimate of drug-likeness (QED) is 0.554. The zero-order valence-electron chi connectivity index (χ0n) is 9.26. The molecule has 1 unspecified atom stereocenters. The van der Waals surface area contributed by atoms with Crippen molar-refractivity contribution in [2.75, 3.05) is 26.2 Å². The van der Waals surface area contributed by atoms with Crippen molar-refractivity contribution in [2.45, 2.75) is 38.6 Å². The Morgan fingerprint density at radius 2 is 2.14 bits per heavy atom. The third-order valence-electron chi connectivity index (χ3n) is 2.96. The van der Waals surface area contributed by atoms with Crippen molar-refractivity contribution in [1.82, 2.24) is 10.6 Å².